The second-order valence-corrected chi connectivity index (χ2v) is 15.3. The Labute approximate surface area is 301 Å². The van der Waals surface area contributed by atoms with Gasteiger partial charge in [-0.3, -0.25) is 19.3 Å². The average molecular weight is 707 g/mol. The molecule has 0 saturated carbocycles. The number of aryl methyl sites for hydroxylation is 3. The summed E-state index contributed by atoms with van der Waals surface area (Å²) in [5.41, 5.74) is 4.13. The van der Waals surface area contributed by atoms with Crippen LogP contribution in [-0.2, 0) is 22.6 Å². The van der Waals surface area contributed by atoms with E-state index in [1.165, 1.54) is 28.0 Å². The molecular weight excluding hydrogens is 677 g/mol. The molecule has 2 aromatic heterocycles. The van der Waals surface area contributed by atoms with E-state index >= 15 is 4.79 Å². The van der Waals surface area contributed by atoms with E-state index in [-0.39, 0.29) is 23.0 Å². The van der Waals surface area contributed by atoms with E-state index in [0.29, 0.717) is 32.3 Å². The predicted octanol–water partition coefficient (Wildman–Crippen LogP) is 8.47. The highest BCUT2D eigenvalue weighted by Crippen LogP contribution is 2.55. The molecule has 2 aliphatic heterocycles. The first-order valence-corrected chi connectivity index (χ1v) is 18.4. The van der Waals surface area contributed by atoms with Crippen molar-refractivity contribution in [2.75, 3.05) is 9.80 Å². The number of amides is 2. The lowest BCUT2D eigenvalue weighted by Gasteiger charge is -2.32. The summed E-state index contributed by atoms with van der Waals surface area (Å²) >= 11 is 2.73. The van der Waals surface area contributed by atoms with Crippen LogP contribution < -0.4 is 15.2 Å². The summed E-state index contributed by atoms with van der Waals surface area (Å²) in [6.07, 6.45) is 0. The van der Waals surface area contributed by atoms with E-state index in [1.54, 1.807) is 17.0 Å². The van der Waals surface area contributed by atoms with Crippen LogP contribution in [0.5, 0.6) is 0 Å². The highest BCUT2D eigenvalue weighted by molar-refractivity contribution is 8.00. The first-order chi connectivity index (χ1) is 24.8. The van der Waals surface area contributed by atoms with Gasteiger partial charge < -0.3 is 9.32 Å². The molecule has 2 amide bonds. The molecule has 0 radical (unpaired) electrons. The van der Waals surface area contributed by atoms with E-state index in [0.717, 1.165) is 38.6 Å². The number of carbonyl (C=O) groups excluding carboxylic acids is 2. The number of fused-ring (bicyclic) bond motifs is 6. The maximum absolute atomic E-state index is 15.3. The van der Waals surface area contributed by atoms with Crippen LogP contribution in [0.4, 0.5) is 10.8 Å². The van der Waals surface area contributed by atoms with Crippen LogP contribution >= 0.6 is 23.1 Å². The van der Waals surface area contributed by atoms with Gasteiger partial charge in [-0.15, -0.1) is 10.2 Å². The third-order valence-electron chi connectivity index (χ3n) is 9.98. The lowest BCUT2D eigenvalue weighted by atomic mass is 9.84. The lowest BCUT2D eigenvalue weighted by Crippen LogP contribution is -2.53. The standard InChI is InChI=1S/C41H30N4O4S2/c1-23-10-8-11-26(18-23)21-44-32-17-7-6-16-31(32)41(38(44)48)34-35(46)30-19-24(2)25(3)20-33(30)49-36(34)37(47)45(41)39-42-43-40(51-39)50-22-28-14-9-13-27-12-4-5-15-29(27)28/h4-20H,21-22H2,1-3H3. The van der Waals surface area contributed by atoms with Crippen molar-refractivity contribution in [1.82, 2.24) is 10.2 Å². The molecule has 9 rings (SSSR count). The van der Waals surface area contributed by atoms with Crippen LogP contribution in [0.3, 0.4) is 0 Å². The molecule has 10 heteroatoms. The van der Waals surface area contributed by atoms with Crippen LogP contribution in [0, 0.1) is 20.8 Å². The molecular formula is C41H30N4O4S2. The number of carbonyl (C=O) groups is 2. The van der Waals surface area contributed by atoms with E-state index in [1.807, 2.05) is 87.5 Å². The van der Waals surface area contributed by atoms with Crippen LogP contribution in [0.1, 0.15) is 49.5 Å². The van der Waals surface area contributed by atoms with Gasteiger partial charge in [0.2, 0.25) is 10.9 Å². The Morgan fingerprint density at radius 1 is 0.804 bits per heavy atom. The molecule has 0 N–H and O–H groups in total. The van der Waals surface area contributed by atoms with Crippen LogP contribution in [0.25, 0.3) is 21.7 Å². The summed E-state index contributed by atoms with van der Waals surface area (Å²) in [5.74, 6) is -0.556. The third-order valence-corrected chi connectivity index (χ3v) is 12.1. The molecule has 51 heavy (non-hydrogen) atoms. The first kappa shape index (κ1) is 31.4. The first-order valence-electron chi connectivity index (χ1n) is 16.6. The van der Waals surface area contributed by atoms with E-state index < -0.39 is 22.8 Å². The van der Waals surface area contributed by atoms with Gasteiger partial charge in [-0.2, -0.15) is 0 Å². The number of hydrogen-bond acceptors (Lipinski definition) is 8. The summed E-state index contributed by atoms with van der Waals surface area (Å²) in [7, 11) is 0. The van der Waals surface area contributed by atoms with E-state index in [4.69, 9.17) is 4.42 Å². The highest BCUT2D eigenvalue weighted by Gasteiger charge is 2.66. The Morgan fingerprint density at radius 2 is 1.57 bits per heavy atom. The van der Waals surface area contributed by atoms with Crippen molar-refractivity contribution in [1.29, 1.82) is 0 Å². The minimum absolute atomic E-state index is 0.00704. The van der Waals surface area contributed by atoms with Gasteiger partial charge >= 0.3 is 0 Å². The molecule has 4 heterocycles. The van der Waals surface area contributed by atoms with Crippen LogP contribution in [0.2, 0.25) is 0 Å². The number of aromatic nitrogens is 2. The van der Waals surface area contributed by atoms with Gasteiger partial charge in [0.05, 0.1) is 23.2 Å². The monoisotopic (exact) mass is 706 g/mol. The Hall–Kier alpha value is -5.58. The molecule has 0 fully saturated rings. The van der Waals surface area contributed by atoms with Crippen molar-refractivity contribution in [2.24, 2.45) is 0 Å². The summed E-state index contributed by atoms with van der Waals surface area (Å²) in [4.78, 5) is 47.9. The van der Waals surface area contributed by atoms with Gasteiger partial charge in [0.1, 0.15) is 5.58 Å². The van der Waals surface area contributed by atoms with Crippen LogP contribution in [0.15, 0.2) is 117 Å². The molecule has 7 aromatic rings. The van der Waals surface area contributed by atoms with Gasteiger partial charge in [0, 0.05) is 11.3 Å². The Morgan fingerprint density at radius 3 is 2.43 bits per heavy atom. The number of para-hydroxylation sites is 1. The largest absolute Gasteiger partial charge is 0.450 e. The van der Waals surface area contributed by atoms with Crippen molar-refractivity contribution < 1.29 is 14.0 Å². The topological polar surface area (TPSA) is 96.6 Å². The maximum atomic E-state index is 15.3. The SMILES string of the molecule is Cc1cccc(CN2C(=O)C3(c4ccccc42)c2c(oc4cc(C)c(C)cc4c2=O)C(=O)N3c2nnc(SCc3cccc4ccccc34)s2)c1. The minimum atomic E-state index is -1.85. The minimum Gasteiger partial charge on any atom is -0.450 e. The van der Waals surface area contributed by atoms with Crippen molar-refractivity contribution in [3.63, 3.8) is 0 Å². The Balaban J connectivity index is 1.22. The molecule has 1 spiro atoms. The van der Waals surface area contributed by atoms with Gasteiger partial charge in [0.15, 0.2) is 15.3 Å². The van der Waals surface area contributed by atoms with Gasteiger partial charge in [-0.05, 0) is 72.0 Å². The Bertz CT molecular complexity index is 2660. The van der Waals surface area contributed by atoms with Crippen molar-refractivity contribution >= 4 is 67.5 Å². The predicted molar refractivity (Wildman–Crippen MR) is 202 cm³/mol. The van der Waals surface area contributed by atoms with Gasteiger partial charge in [0.25, 0.3) is 11.8 Å². The summed E-state index contributed by atoms with van der Waals surface area (Å²) in [6, 6.07) is 33.3. The van der Waals surface area contributed by atoms with E-state index in [2.05, 4.69) is 34.5 Å². The summed E-state index contributed by atoms with van der Waals surface area (Å²) < 4.78 is 6.97. The third kappa shape index (κ3) is 4.70. The number of hydrogen-bond donors (Lipinski definition) is 0. The molecule has 1 atom stereocenters. The summed E-state index contributed by atoms with van der Waals surface area (Å²) in [5, 5.41) is 11.8. The van der Waals surface area contributed by atoms with Crippen LogP contribution in [-0.4, -0.2) is 22.0 Å². The zero-order chi connectivity index (χ0) is 35.0. The Kier molecular flexibility index (Phi) is 7.24. The number of anilines is 2. The molecule has 0 saturated heterocycles. The maximum Gasteiger partial charge on any atom is 0.297 e. The zero-order valence-corrected chi connectivity index (χ0v) is 29.6. The number of benzene rings is 5. The molecule has 1 unspecified atom stereocenters. The fraction of sp³-hybridized carbons (Fsp3) is 0.146. The van der Waals surface area contributed by atoms with Gasteiger partial charge in [-0.25, -0.2) is 0 Å². The van der Waals surface area contributed by atoms with Crippen molar-refractivity contribution in [3.8, 4) is 0 Å². The second kappa shape index (κ2) is 11.8. The number of thioether (sulfide) groups is 1. The zero-order valence-electron chi connectivity index (χ0n) is 28.0. The number of nitrogens with zero attached hydrogens (tertiary/aromatic N) is 4. The fourth-order valence-corrected chi connectivity index (χ4v) is 9.37. The fourth-order valence-electron chi connectivity index (χ4n) is 7.48. The van der Waals surface area contributed by atoms with Crippen molar-refractivity contribution in [2.45, 2.75) is 42.9 Å². The van der Waals surface area contributed by atoms with Gasteiger partial charge in [-0.1, -0.05) is 114 Å². The normalized spacial score (nSPS) is 16.5. The molecule has 5 aromatic carbocycles. The second-order valence-electron chi connectivity index (χ2n) is 13.1. The van der Waals surface area contributed by atoms with Crippen molar-refractivity contribution in [3.05, 3.63) is 158 Å². The van der Waals surface area contributed by atoms with E-state index in [9.17, 15) is 9.59 Å². The molecule has 0 aliphatic carbocycles. The molecule has 8 nitrogen and oxygen atoms in total. The highest BCUT2D eigenvalue weighted by atomic mass is 32.2. The number of rotatable bonds is 6. The average Bonchev–Trinajstić information content (AvgIpc) is 3.77. The molecule has 250 valence electrons. The smallest absolute Gasteiger partial charge is 0.297 e. The lowest BCUT2D eigenvalue weighted by molar-refractivity contribution is -0.121. The quantitative estimate of drug-likeness (QED) is 0.126. The summed E-state index contributed by atoms with van der Waals surface area (Å²) in [6.45, 7) is 6.10. The molecule has 2 aliphatic rings. The molecule has 0 bridgehead atoms.